The molecule has 12 heteroatoms. The number of nitrogens with two attached hydrogens (primary N) is 1. The van der Waals surface area contributed by atoms with E-state index in [1.165, 1.54) is 24.3 Å². The molecule has 0 aliphatic heterocycles. The summed E-state index contributed by atoms with van der Waals surface area (Å²) in [7, 11) is -4.05. The van der Waals surface area contributed by atoms with E-state index in [1.54, 1.807) is 0 Å². The predicted octanol–water partition coefficient (Wildman–Crippen LogP) is -3.41. The van der Waals surface area contributed by atoms with Gasteiger partial charge in [0.1, 0.15) is 10.6 Å². The number of aromatic carboxylic acids is 2. The Hall–Kier alpha value is -1.66. The van der Waals surface area contributed by atoms with Gasteiger partial charge in [-0.15, -0.1) is 0 Å². The van der Waals surface area contributed by atoms with Crippen molar-refractivity contribution < 1.29 is 57.8 Å². The van der Waals surface area contributed by atoms with Gasteiger partial charge in [0.25, 0.3) is 10.0 Å². The third kappa shape index (κ3) is 4.42. The minimum absolute atomic E-state index is 0. The van der Waals surface area contributed by atoms with Gasteiger partial charge in [0.15, 0.2) is 5.13 Å². The monoisotopic (exact) mass is 365 g/mol. The third-order valence-electron chi connectivity index (χ3n) is 2.43. The molecule has 2 rings (SSSR count). The van der Waals surface area contributed by atoms with E-state index in [4.69, 9.17) is 10.8 Å². The van der Waals surface area contributed by atoms with Crippen LogP contribution in [0.5, 0.6) is 0 Å². The molecule has 9 nitrogen and oxygen atoms in total. The van der Waals surface area contributed by atoms with Crippen LogP contribution in [0.1, 0.15) is 20.2 Å². The third-order valence-corrected chi connectivity index (χ3v) is 4.87. The summed E-state index contributed by atoms with van der Waals surface area (Å²) in [5, 5.41) is 19.3. The Labute approximate surface area is 156 Å². The molecule has 0 spiro atoms. The van der Waals surface area contributed by atoms with Crippen LogP contribution < -0.4 is 45.1 Å². The van der Waals surface area contributed by atoms with Gasteiger partial charge < -0.3 is 20.7 Å². The summed E-state index contributed by atoms with van der Waals surface area (Å²) < 4.78 is 26.2. The van der Waals surface area contributed by atoms with Gasteiger partial charge in [-0.25, -0.2) is 18.2 Å². The van der Waals surface area contributed by atoms with Crippen molar-refractivity contribution >= 4 is 44.1 Å². The van der Waals surface area contributed by atoms with E-state index in [1.807, 2.05) is 4.72 Å². The summed E-state index contributed by atoms with van der Waals surface area (Å²) in [5.41, 5.74) is 4.97. The Bertz CT molecular complexity index is 816. The Balaban J connectivity index is 0.00000264. The summed E-state index contributed by atoms with van der Waals surface area (Å²) in [5.74, 6) is -3.36. The number of nitrogen functional groups attached to an aromatic ring is 1. The van der Waals surface area contributed by atoms with Gasteiger partial charge in [0.05, 0.1) is 10.9 Å². The van der Waals surface area contributed by atoms with Crippen LogP contribution in [-0.4, -0.2) is 30.4 Å². The van der Waals surface area contributed by atoms with E-state index < -0.39 is 37.7 Å². The molecule has 0 bridgehead atoms. The maximum absolute atomic E-state index is 12.1. The van der Waals surface area contributed by atoms with E-state index in [2.05, 4.69) is 4.98 Å². The number of carboxylic acid groups (broad SMARTS) is 2. The fraction of sp³-hybridized carbons (Fsp3) is 0. The molecular weight excluding hydrogens is 357 g/mol. The van der Waals surface area contributed by atoms with Crippen molar-refractivity contribution in [2.45, 2.75) is 4.90 Å². The molecule has 0 radical (unpaired) electrons. The first-order valence-electron chi connectivity index (χ1n) is 5.54. The molecule has 116 valence electrons. The molecule has 1 heterocycles. The number of benzene rings is 1. The van der Waals surface area contributed by atoms with Crippen molar-refractivity contribution in [1.82, 2.24) is 4.98 Å². The summed E-state index contributed by atoms with van der Waals surface area (Å²) in [6.07, 6.45) is 0. The van der Waals surface area contributed by atoms with Gasteiger partial charge in [-0.3, -0.25) is 4.72 Å². The average Bonchev–Trinajstić information content (AvgIpc) is 2.82. The first kappa shape index (κ1) is 19.4. The Morgan fingerprint density at radius 2 is 1.83 bits per heavy atom. The van der Waals surface area contributed by atoms with E-state index in [-0.39, 0.29) is 34.5 Å². The van der Waals surface area contributed by atoms with E-state index in [9.17, 15) is 23.1 Å². The number of rotatable bonds is 5. The molecule has 0 unspecified atom stereocenters. The Morgan fingerprint density at radius 3 is 2.26 bits per heavy atom. The minimum atomic E-state index is -4.05. The molecule has 23 heavy (non-hydrogen) atoms. The number of hydrogen-bond donors (Lipinski definition) is 3. The second-order valence-electron chi connectivity index (χ2n) is 3.96. The number of carbonyl (C=O) groups excluding carboxylic acids is 1. The minimum Gasteiger partial charge on any atom is -0.543 e. The second-order valence-corrected chi connectivity index (χ2v) is 6.65. The van der Waals surface area contributed by atoms with Crippen molar-refractivity contribution in [3.05, 3.63) is 34.8 Å². The standard InChI is InChI=1S/C11H9N3O6S2.Na/c12-5-1-3-6(4-2-5)22(19,20)14-11-13-7(9(15)16)8(21-11)10(17)18;/h1-4H,12H2,(H,13,14)(H,15,16)(H,17,18);/q;+1/p-1. The smallest absolute Gasteiger partial charge is 0.543 e. The summed E-state index contributed by atoms with van der Waals surface area (Å²) in [4.78, 5) is 24.3. The van der Waals surface area contributed by atoms with Gasteiger partial charge in [-0.05, 0) is 24.3 Å². The zero-order valence-corrected chi connectivity index (χ0v) is 15.3. The van der Waals surface area contributed by atoms with Gasteiger partial charge in [-0.2, -0.15) is 0 Å². The molecule has 1 aromatic heterocycles. The summed E-state index contributed by atoms with van der Waals surface area (Å²) in [6, 6.07) is 5.21. The number of anilines is 2. The topological polar surface area (TPSA) is 163 Å². The van der Waals surface area contributed by atoms with Gasteiger partial charge in [0.2, 0.25) is 0 Å². The van der Waals surface area contributed by atoms with Crippen molar-refractivity contribution in [3.63, 3.8) is 0 Å². The van der Waals surface area contributed by atoms with Gasteiger partial charge in [0, 0.05) is 5.69 Å². The van der Waals surface area contributed by atoms with Crippen molar-refractivity contribution in [2.24, 2.45) is 0 Å². The number of thiazole rings is 1. The van der Waals surface area contributed by atoms with E-state index >= 15 is 0 Å². The van der Waals surface area contributed by atoms with Gasteiger partial charge in [-0.1, -0.05) is 11.3 Å². The number of carboxylic acids is 2. The fourth-order valence-electron chi connectivity index (χ4n) is 1.47. The van der Waals surface area contributed by atoms with Crippen LogP contribution >= 0.6 is 11.3 Å². The Kier molecular flexibility index (Phi) is 6.13. The molecule has 4 N–H and O–H groups in total. The Morgan fingerprint density at radius 1 is 1.26 bits per heavy atom. The van der Waals surface area contributed by atoms with Crippen LogP contribution in [0.15, 0.2) is 29.2 Å². The zero-order valence-electron chi connectivity index (χ0n) is 11.6. The fourth-order valence-corrected chi connectivity index (χ4v) is 3.49. The number of aromatic nitrogens is 1. The van der Waals surface area contributed by atoms with Crippen molar-refractivity contribution in [2.75, 3.05) is 10.5 Å². The summed E-state index contributed by atoms with van der Waals surface area (Å²) >= 11 is 0.374. The number of nitrogens with one attached hydrogen (secondary N) is 1. The van der Waals surface area contributed by atoms with Gasteiger partial charge >= 0.3 is 35.5 Å². The molecule has 0 aliphatic rings. The molecule has 0 aliphatic carbocycles. The first-order chi connectivity index (χ1) is 10.2. The largest absolute Gasteiger partial charge is 1.00 e. The second kappa shape index (κ2) is 7.27. The van der Waals surface area contributed by atoms with Crippen LogP contribution in [0.25, 0.3) is 0 Å². The van der Waals surface area contributed by atoms with Crippen LogP contribution in [-0.2, 0) is 10.0 Å². The van der Waals surface area contributed by atoms with Crippen LogP contribution in [0.3, 0.4) is 0 Å². The average molecular weight is 365 g/mol. The molecule has 0 amide bonds. The van der Waals surface area contributed by atoms with Crippen LogP contribution in [0, 0.1) is 0 Å². The number of sulfonamides is 1. The molecular formula is C11H8N3NaO6S2. The van der Waals surface area contributed by atoms with Crippen LogP contribution in [0.4, 0.5) is 10.8 Å². The zero-order chi connectivity index (χ0) is 16.5. The normalized spacial score (nSPS) is 10.6. The number of hydrogen-bond acceptors (Lipinski definition) is 8. The molecule has 0 saturated heterocycles. The summed E-state index contributed by atoms with van der Waals surface area (Å²) in [6.45, 7) is 0. The van der Waals surface area contributed by atoms with Crippen molar-refractivity contribution in [3.8, 4) is 0 Å². The number of carbonyl (C=O) groups is 2. The quantitative estimate of drug-likeness (QED) is 0.364. The maximum atomic E-state index is 12.1. The SMILES string of the molecule is Nc1ccc(S(=O)(=O)Nc2nc(C(=O)[O-])c(C(=O)O)s2)cc1.[Na+]. The maximum Gasteiger partial charge on any atom is 1.00 e. The first-order valence-corrected chi connectivity index (χ1v) is 7.84. The van der Waals surface area contributed by atoms with E-state index in [0.717, 1.165) is 0 Å². The molecule has 1 aromatic carbocycles. The van der Waals surface area contributed by atoms with Crippen LogP contribution in [0.2, 0.25) is 0 Å². The number of nitrogens with zero attached hydrogens (tertiary/aromatic N) is 1. The predicted molar refractivity (Wildman–Crippen MR) is 75.1 cm³/mol. The molecule has 0 fully saturated rings. The van der Waals surface area contributed by atoms with Crippen molar-refractivity contribution in [1.29, 1.82) is 0 Å². The molecule has 2 aromatic rings. The van der Waals surface area contributed by atoms with E-state index in [0.29, 0.717) is 17.0 Å². The molecule has 0 atom stereocenters. The molecule has 0 saturated carbocycles.